The van der Waals surface area contributed by atoms with Crippen LogP contribution in [0.15, 0.2) is 60.8 Å². The van der Waals surface area contributed by atoms with E-state index in [0.717, 1.165) is 5.56 Å². The van der Waals surface area contributed by atoms with Crippen molar-refractivity contribution >= 4 is 17.6 Å². The molecule has 1 N–H and O–H groups in total. The molecular formula is C28H29N5O4. The van der Waals surface area contributed by atoms with E-state index in [4.69, 9.17) is 14.7 Å². The summed E-state index contributed by atoms with van der Waals surface area (Å²) in [4.78, 5) is 34.2. The molecule has 1 fully saturated rings. The van der Waals surface area contributed by atoms with Crippen LogP contribution >= 0.6 is 0 Å². The summed E-state index contributed by atoms with van der Waals surface area (Å²) in [5, 5.41) is 12.1. The molecule has 1 saturated heterocycles. The number of ether oxygens (including phenoxy) is 2. The molecule has 3 aromatic rings. The second-order valence-corrected chi connectivity index (χ2v) is 8.54. The summed E-state index contributed by atoms with van der Waals surface area (Å²) in [5.41, 5.74) is 2.47. The van der Waals surface area contributed by atoms with Gasteiger partial charge >= 0.3 is 0 Å². The van der Waals surface area contributed by atoms with Gasteiger partial charge in [-0.2, -0.15) is 5.26 Å². The fourth-order valence-corrected chi connectivity index (χ4v) is 4.30. The molecule has 2 heterocycles. The number of hydrogen-bond donors (Lipinski definition) is 1. The number of nitriles is 1. The first-order valence-corrected chi connectivity index (χ1v) is 12.0. The average Bonchev–Trinajstić information content (AvgIpc) is 2.96. The van der Waals surface area contributed by atoms with Gasteiger partial charge in [0.2, 0.25) is 0 Å². The SMILES string of the molecule is COc1ccc(CCNC(=O)c2cccnc2N2CCN(C(=O)c3cccc(C#N)c3)CC2)cc1OC. The van der Waals surface area contributed by atoms with Crippen LogP contribution in [0.5, 0.6) is 11.5 Å². The number of nitrogens with zero attached hydrogens (tertiary/aromatic N) is 4. The lowest BCUT2D eigenvalue weighted by Gasteiger charge is -2.36. The normalized spacial score (nSPS) is 13.0. The number of carbonyl (C=O) groups excluding carboxylic acids is 2. The molecule has 0 aliphatic carbocycles. The Bertz CT molecular complexity index is 1310. The van der Waals surface area contributed by atoms with Crippen LogP contribution in [0.2, 0.25) is 0 Å². The Morgan fingerprint density at radius 1 is 1.00 bits per heavy atom. The van der Waals surface area contributed by atoms with Crippen molar-refractivity contribution in [3.63, 3.8) is 0 Å². The third-order valence-electron chi connectivity index (χ3n) is 6.28. The second-order valence-electron chi connectivity index (χ2n) is 8.54. The summed E-state index contributed by atoms with van der Waals surface area (Å²) in [6.45, 7) is 2.53. The second kappa shape index (κ2) is 11.9. The molecule has 9 nitrogen and oxygen atoms in total. The maximum Gasteiger partial charge on any atom is 0.255 e. The van der Waals surface area contributed by atoms with E-state index in [1.54, 1.807) is 61.7 Å². The quantitative estimate of drug-likeness (QED) is 0.508. The molecule has 0 bridgehead atoms. The molecule has 9 heteroatoms. The number of benzene rings is 2. The van der Waals surface area contributed by atoms with Crippen LogP contribution in [0.3, 0.4) is 0 Å². The highest BCUT2D eigenvalue weighted by Crippen LogP contribution is 2.27. The first kappa shape index (κ1) is 25.5. The molecule has 0 saturated carbocycles. The molecule has 2 aromatic carbocycles. The van der Waals surface area contributed by atoms with E-state index in [9.17, 15) is 9.59 Å². The van der Waals surface area contributed by atoms with Gasteiger partial charge in [-0.05, 0) is 54.4 Å². The molecule has 1 aliphatic rings. The van der Waals surface area contributed by atoms with Gasteiger partial charge < -0.3 is 24.6 Å². The zero-order chi connectivity index (χ0) is 26.2. The van der Waals surface area contributed by atoms with E-state index in [1.165, 1.54) is 0 Å². The van der Waals surface area contributed by atoms with Crippen LogP contribution in [0.4, 0.5) is 5.82 Å². The topological polar surface area (TPSA) is 108 Å². The predicted octanol–water partition coefficient (Wildman–Crippen LogP) is 2.91. The van der Waals surface area contributed by atoms with Crippen LogP contribution < -0.4 is 19.7 Å². The minimum absolute atomic E-state index is 0.106. The zero-order valence-corrected chi connectivity index (χ0v) is 20.9. The number of nitrogens with one attached hydrogen (secondary N) is 1. The lowest BCUT2D eigenvalue weighted by atomic mass is 10.1. The Hall–Kier alpha value is -4.58. The number of pyridine rings is 1. The molecule has 1 aromatic heterocycles. The van der Waals surface area contributed by atoms with E-state index in [0.29, 0.717) is 73.2 Å². The number of amides is 2. The third-order valence-corrected chi connectivity index (χ3v) is 6.28. The minimum Gasteiger partial charge on any atom is -0.493 e. The van der Waals surface area contributed by atoms with Crippen LogP contribution in [-0.2, 0) is 6.42 Å². The summed E-state index contributed by atoms with van der Waals surface area (Å²) in [6, 6.07) is 18.0. The van der Waals surface area contributed by atoms with Crippen molar-refractivity contribution in [3.8, 4) is 17.6 Å². The van der Waals surface area contributed by atoms with Crippen molar-refractivity contribution in [2.45, 2.75) is 6.42 Å². The summed E-state index contributed by atoms with van der Waals surface area (Å²) in [7, 11) is 3.19. The molecule has 4 rings (SSSR count). The lowest BCUT2D eigenvalue weighted by Crippen LogP contribution is -2.49. The number of aromatic nitrogens is 1. The Kier molecular flexibility index (Phi) is 8.21. The monoisotopic (exact) mass is 499 g/mol. The maximum absolute atomic E-state index is 13.0. The zero-order valence-electron chi connectivity index (χ0n) is 20.9. The number of methoxy groups -OCH3 is 2. The number of hydrogen-bond acceptors (Lipinski definition) is 7. The number of anilines is 1. The van der Waals surface area contributed by atoms with Crippen molar-refractivity contribution in [2.24, 2.45) is 0 Å². The van der Waals surface area contributed by atoms with Gasteiger partial charge in [0, 0.05) is 44.5 Å². The van der Waals surface area contributed by atoms with Crippen molar-refractivity contribution in [1.82, 2.24) is 15.2 Å². The van der Waals surface area contributed by atoms with E-state index in [1.807, 2.05) is 23.1 Å². The molecule has 1 aliphatic heterocycles. The maximum atomic E-state index is 13.0. The average molecular weight is 500 g/mol. The number of piperazine rings is 1. The van der Waals surface area contributed by atoms with Crippen LogP contribution in [-0.4, -0.2) is 68.6 Å². The minimum atomic E-state index is -0.199. The van der Waals surface area contributed by atoms with Crippen molar-refractivity contribution in [1.29, 1.82) is 5.26 Å². The van der Waals surface area contributed by atoms with E-state index < -0.39 is 0 Å². The lowest BCUT2D eigenvalue weighted by molar-refractivity contribution is 0.0745. The molecule has 0 atom stereocenters. The van der Waals surface area contributed by atoms with Crippen LogP contribution in [0.25, 0.3) is 0 Å². The predicted molar refractivity (Wildman–Crippen MR) is 139 cm³/mol. The summed E-state index contributed by atoms with van der Waals surface area (Å²) < 4.78 is 10.6. The highest BCUT2D eigenvalue weighted by Gasteiger charge is 2.25. The van der Waals surface area contributed by atoms with Gasteiger partial charge in [-0.1, -0.05) is 12.1 Å². The highest BCUT2D eigenvalue weighted by molar-refractivity contribution is 5.99. The highest BCUT2D eigenvalue weighted by atomic mass is 16.5. The van der Waals surface area contributed by atoms with Gasteiger partial charge in [-0.3, -0.25) is 9.59 Å². The Morgan fingerprint density at radius 2 is 1.78 bits per heavy atom. The fraction of sp³-hybridized carbons (Fsp3) is 0.286. The van der Waals surface area contributed by atoms with Gasteiger partial charge in [0.1, 0.15) is 5.82 Å². The molecular weight excluding hydrogens is 470 g/mol. The fourth-order valence-electron chi connectivity index (χ4n) is 4.30. The largest absolute Gasteiger partial charge is 0.493 e. The van der Waals surface area contributed by atoms with Crippen molar-refractivity contribution < 1.29 is 19.1 Å². The van der Waals surface area contributed by atoms with E-state index in [2.05, 4.69) is 16.4 Å². The number of rotatable bonds is 8. The van der Waals surface area contributed by atoms with E-state index >= 15 is 0 Å². The molecule has 0 radical (unpaired) electrons. The van der Waals surface area contributed by atoms with Crippen LogP contribution in [0, 0.1) is 11.3 Å². The summed E-state index contributed by atoms with van der Waals surface area (Å²) >= 11 is 0. The Labute approximate surface area is 216 Å². The van der Waals surface area contributed by atoms with E-state index in [-0.39, 0.29) is 11.8 Å². The molecule has 37 heavy (non-hydrogen) atoms. The van der Waals surface area contributed by atoms with Gasteiger partial charge in [0.05, 0.1) is 31.4 Å². The third kappa shape index (κ3) is 5.98. The number of carbonyl (C=O) groups is 2. The van der Waals surface area contributed by atoms with Gasteiger partial charge in [-0.15, -0.1) is 0 Å². The summed E-state index contributed by atoms with van der Waals surface area (Å²) in [6.07, 6.45) is 2.30. The van der Waals surface area contributed by atoms with Gasteiger partial charge in [0.25, 0.3) is 11.8 Å². The molecule has 0 spiro atoms. The first-order valence-electron chi connectivity index (χ1n) is 12.0. The smallest absolute Gasteiger partial charge is 0.255 e. The van der Waals surface area contributed by atoms with Crippen molar-refractivity contribution in [3.05, 3.63) is 83.0 Å². The molecule has 190 valence electrons. The Morgan fingerprint density at radius 3 is 2.51 bits per heavy atom. The first-order chi connectivity index (χ1) is 18.0. The van der Waals surface area contributed by atoms with Crippen LogP contribution in [0.1, 0.15) is 31.8 Å². The van der Waals surface area contributed by atoms with Crippen molar-refractivity contribution in [2.75, 3.05) is 51.8 Å². The summed E-state index contributed by atoms with van der Waals surface area (Å²) in [5.74, 6) is 1.61. The van der Waals surface area contributed by atoms with Gasteiger partial charge in [0.15, 0.2) is 11.5 Å². The van der Waals surface area contributed by atoms with Gasteiger partial charge in [-0.25, -0.2) is 4.98 Å². The Balaban J connectivity index is 1.36. The standard InChI is InChI=1S/C28H29N5O4/c1-36-24-9-8-20(18-25(24)37-2)10-12-31-27(34)23-7-4-11-30-26(23)32-13-15-33(16-14-32)28(35)22-6-3-5-21(17-22)19-29/h3-9,11,17-18H,10,12-16H2,1-2H3,(H,31,34). The molecule has 2 amide bonds. The molecule has 0 unspecified atom stereocenters.